The molecule has 1 aromatic carbocycles. The Balaban J connectivity index is 1.78. The van der Waals surface area contributed by atoms with E-state index in [0.717, 1.165) is 5.56 Å². The van der Waals surface area contributed by atoms with Crippen LogP contribution in [0.1, 0.15) is 16.1 Å². The number of nitrogens with zero attached hydrogens (tertiary/aromatic N) is 2. The summed E-state index contributed by atoms with van der Waals surface area (Å²) in [5.74, 6) is -0.452. The number of pyridine rings is 1. The minimum atomic E-state index is -0.403. The number of carbonyl (C=O) groups excluding carboxylic acids is 2. The van der Waals surface area contributed by atoms with Gasteiger partial charge < -0.3 is 19.5 Å². The van der Waals surface area contributed by atoms with Crippen molar-refractivity contribution in [3.63, 3.8) is 0 Å². The van der Waals surface area contributed by atoms with Crippen molar-refractivity contribution in [2.75, 3.05) is 19.6 Å². The zero-order valence-corrected chi connectivity index (χ0v) is 15.0. The molecule has 136 valence electrons. The number of carbonyl (C=O) groups is 2. The van der Waals surface area contributed by atoms with Crippen molar-refractivity contribution in [2.24, 2.45) is 7.05 Å². The lowest BCUT2D eigenvalue weighted by molar-refractivity contribution is -0.123. The summed E-state index contributed by atoms with van der Waals surface area (Å²) >= 11 is 6.08. The van der Waals surface area contributed by atoms with Gasteiger partial charge in [0, 0.05) is 36.8 Å². The maximum Gasteiger partial charge on any atom is 0.271 e. The van der Waals surface area contributed by atoms with Crippen LogP contribution in [0, 0.1) is 0 Å². The molecule has 0 atom stereocenters. The molecule has 0 spiro atoms. The van der Waals surface area contributed by atoms with Crippen molar-refractivity contribution < 1.29 is 14.3 Å². The minimum Gasteiger partial charge on any atom is -0.483 e. The molecular formula is C18H18ClN3O4. The topological polar surface area (TPSA) is 80.6 Å². The molecule has 3 rings (SSSR count). The molecule has 0 bridgehead atoms. The highest BCUT2D eigenvalue weighted by Gasteiger charge is 2.24. The number of nitrogens with one attached hydrogen (secondary N) is 1. The van der Waals surface area contributed by atoms with Crippen LogP contribution in [0.15, 0.2) is 41.3 Å². The third-order valence-corrected chi connectivity index (χ3v) is 4.46. The summed E-state index contributed by atoms with van der Waals surface area (Å²) in [7, 11) is 1.65. The SMILES string of the molecule is Cn1cc(OCc2ccccc2Cl)c(=O)cc1C(=O)N1CCNC(=O)C1. The maximum absolute atomic E-state index is 12.6. The second-order valence-electron chi connectivity index (χ2n) is 5.95. The third kappa shape index (κ3) is 3.88. The molecule has 1 aliphatic heterocycles. The summed E-state index contributed by atoms with van der Waals surface area (Å²) in [6, 6.07) is 8.43. The van der Waals surface area contributed by atoms with E-state index in [4.69, 9.17) is 16.3 Å². The molecule has 7 nitrogen and oxygen atoms in total. The van der Waals surface area contributed by atoms with Gasteiger partial charge in [0.2, 0.25) is 11.3 Å². The second kappa shape index (κ2) is 7.61. The molecule has 0 radical (unpaired) electrons. The predicted octanol–water partition coefficient (Wildman–Crippen LogP) is 1.19. The van der Waals surface area contributed by atoms with Gasteiger partial charge in [-0.3, -0.25) is 14.4 Å². The number of piperazine rings is 1. The van der Waals surface area contributed by atoms with Crippen LogP contribution < -0.4 is 15.5 Å². The number of amides is 2. The molecule has 1 saturated heterocycles. The number of ether oxygens (including phenoxy) is 1. The first kappa shape index (κ1) is 18.0. The van der Waals surface area contributed by atoms with E-state index < -0.39 is 5.43 Å². The first-order chi connectivity index (χ1) is 12.5. The van der Waals surface area contributed by atoms with Crippen LogP contribution in [0.4, 0.5) is 0 Å². The Morgan fingerprint density at radius 1 is 1.31 bits per heavy atom. The van der Waals surface area contributed by atoms with Crippen LogP contribution in [0.25, 0.3) is 0 Å². The van der Waals surface area contributed by atoms with Crippen molar-refractivity contribution in [3.8, 4) is 5.75 Å². The highest BCUT2D eigenvalue weighted by molar-refractivity contribution is 6.31. The monoisotopic (exact) mass is 375 g/mol. The zero-order chi connectivity index (χ0) is 18.7. The number of benzene rings is 1. The molecular weight excluding hydrogens is 358 g/mol. The lowest BCUT2D eigenvalue weighted by Crippen LogP contribution is -2.50. The summed E-state index contributed by atoms with van der Waals surface area (Å²) in [6.07, 6.45) is 1.47. The molecule has 1 fully saturated rings. The smallest absolute Gasteiger partial charge is 0.271 e. The molecule has 26 heavy (non-hydrogen) atoms. The lowest BCUT2D eigenvalue weighted by Gasteiger charge is -2.27. The van der Waals surface area contributed by atoms with E-state index in [0.29, 0.717) is 18.1 Å². The fraction of sp³-hybridized carbons (Fsp3) is 0.278. The Bertz CT molecular complexity index is 910. The van der Waals surface area contributed by atoms with Gasteiger partial charge in [-0.1, -0.05) is 29.8 Å². The van der Waals surface area contributed by atoms with Crippen LogP contribution >= 0.6 is 11.6 Å². The Labute approximate surface area is 155 Å². The van der Waals surface area contributed by atoms with Gasteiger partial charge in [-0.15, -0.1) is 0 Å². The van der Waals surface area contributed by atoms with Crippen LogP contribution in [-0.2, 0) is 18.4 Å². The van der Waals surface area contributed by atoms with E-state index in [1.165, 1.54) is 21.7 Å². The predicted molar refractivity (Wildman–Crippen MR) is 96.4 cm³/mol. The van der Waals surface area contributed by atoms with E-state index in [-0.39, 0.29) is 36.4 Å². The number of hydrogen-bond acceptors (Lipinski definition) is 4. The van der Waals surface area contributed by atoms with Crippen molar-refractivity contribution in [2.45, 2.75) is 6.61 Å². The molecule has 2 amide bonds. The maximum atomic E-state index is 12.6. The molecule has 0 aliphatic carbocycles. The largest absolute Gasteiger partial charge is 0.483 e. The first-order valence-electron chi connectivity index (χ1n) is 8.08. The Hall–Kier alpha value is -2.80. The van der Waals surface area contributed by atoms with E-state index >= 15 is 0 Å². The number of rotatable bonds is 4. The summed E-state index contributed by atoms with van der Waals surface area (Å²) in [5.41, 5.74) is 0.561. The highest BCUT2D eigenvalue weighted by atomic mass is 35.5. The van der Waals surface area contributed by atoms with Gasteiger partial charge in [0.05, 0.1) is 12.7 Å². The quantitative estimate of drug-likeness (QED) is 0.870. The van der Waals surface area contributed by atoms with Crippen LogP contribution in [0.5, 0.6) is 5.75 Å². The number of aryl methyl sites for hydroxylation is 1. The lowest BCUT2D eigenvalue weighted by atomic mass is 10.2. The summed E-state index contributed by atoms with van der Waals surface area (Å²) in [4.78, 5) is 37.8. The van der Waals surface area contributed by atoms with Gasteiger partial charge in [-0.05, 0) is 6.07 Å². The average molecular weight is 376 g/mol. The van der Waals surface area contributed by atoms with E-state index in [9.17, 15) is 14.4 Å². The van der Waals surface area contributed by atoms with E-state index in [2.05, 4.69) is 5.32 Å². The number of aromatic nitrogens is 1. The summed E-state index contributed by atoms with van der Waals surface area (Å²) in [6.45, 7) is 0.938. The van der Waals surface area contributed by atoms with Gasteiger partial charge in [-0.25, -0.2) is 0 Å². The molecule has 8 heteroatoms. The average Bonchev–Trinajstić information content (AvgIpc) is 2.62. The van der Waals surface area contributed by atoms with Gasteiger partial charge in [0.25, 0.3) is 5.91 Å². The molecule has 1 N–H and O–H groups in total. The normalized spacial score (nSPS) is 14.1. The molecule has 1 aliphatic rings. The van der Waals surface area contributed by atoms with E-state index in [1.54, 1.807) is 13.1 Å². The molecule has 2 aromatic rings. The van der Waals surface area contributed by atoms with E-state index in [1.807, 2.05) is 18.2 Å². The van der Waals surface area contributed by atoms with Crippen LogP contribution in [0.2, 0.25) is 5.02 Å². The van der Waals surface area contributed by atoms with Crippen molar-refractivity contribution in [1.82, 2.24) is 14.8 Å². The highest BCUT2D eigenvalue weighted by Crippen LogP contribution is 2.17. The second-order valence-corrected chi connectivity index (χ2v) is 6.36. The molecule has 2 heterocycles. The Morgan fingerprint density at radius 3 is 2.81 bits per heavy atom. The zero-order valence-electron chi connectivity index (χ0n) is 14.2. The minimum absolute atomic E-state index is 0.0161. The van der Waals surface area contributed by atoms with Gasteiger partial charge in [0.1, 0.15) is 12.3 Å². The standard InChI is InChI=1S/C18H18ClN3O4/c1-21-9-16(26-11-12-4-2-3-5-13(12)19)15(23)8-14(21)18(25)22-7-6-20-17(24)10-22/h2-5,8-9H,6-7,10-11H2,1H3,(H,20,24). The van der Waals surface area contributed by atoms with Crippen molar-refractivity contribution >= 4 is 23.4 Å². The summed E-state index contributed by atoms with van der Waals surface area (Å²) < 4.78 is 7.10. The molecule has 1 aromatic heterocycles. The number of hydrogen-bond donors (Lipinski definition) is 1. The summed E-state index contributed by atoms with van der Waals surface area (Å²) in [5, 5.41) is 3.21. The van der Waals surface area contributed by atoms with Crippen LogP contribution in [-0.4, -0.2) is 40.9 Å². The molecule has 0 unspecified atom stereocenters. The fourth-order valence-electron chi connectivity index (χ4n) is 2.67. The van der Waals surface area contributed by atoms with Gasteiger partial charge in [0.15, 0.2) is 5.75 Å². The fourth-order valence-corrected chi connectivity index (χ4v) is 2.86. The third-order valence-electron chi connectivity index (χ3n) is 4.09. The first-order valence-corrected chi connectivity index (χ1v) is 8.46. The van der Waals surface area contributed by atoms with Crippen LogP contribution in [0.3, 0.4) is 0 Å². The van der Waals surface area contributed by atoms with Gasteiger partial charge >= 0.3 is 0 Å². The number of halogens is 1. The van der Waals surface area contributed by atoms with Crippen molar-refractivity contribution in [3.05, 3.63) is 63.0 Å². The Kier molecular flexibility index (Phi) is 5.27. The van der Waals surface area contributed by atoms with Crippen molar-refractivity contribution in [1.29, 1.82) is 0 Å². The van der Waals surface area contributed by atoms with Gasteiger partial charge in [-0.2, -0.15) is 0 Å². The molecule has 0 saturated carbocycles. The Morgan fingerprint density at radius 2 is 2.08 bits per heavy atom.